The number of benzene rings is 2. The smallest absolute Gasteiger partial charge is 0.222 e. The molecule has 2 rings (SSSR count). The van der Waals surface area contributed by atoms with E-state index in [9.17, 15) is 4.79 Å². The molecule has 0 bridgehead atoms. The fourth-order valence-corrected chi connectivity index (χ4v) is 2.64. The van der Waals surface area contributed by atoms with Gasteiger partial charge in [0.25, 0.3) is 0 Å². The Morgan fingerprint density at radius 2 is 1.74 bits per heavy atom. The number of ether oxygens (including phenoxy) is 1. The van der Waals surface area contributed by atoms with Crippen molar-refractivity contribution in [3.05, 3.63) is 65.7 Å². The predicted molar refractivity (Wildman–Crippen MR) is 109 cm³/mol. The van der Waals surface area contributed by atoms with Crippen LogP contribution in [0.5, 0.6) is 5.75 Å². The number of hydrogen-bond acceptors (Lipinski definition) is 3. The van der Waals surface area contributed by atoms with Crippen LogP contribution in [0, 0.1) is 0 Å². The molecular weight excluding hydrogens is 340 g/mol. The second-order valence-electron chi connectivity index (χ2n) is 6.19. The second kappa shape index (κ2) is 10.9. The summed E-state index contributed by atoms with van der Waals surface area (Å²) in [7, 11) is 5.36. The minimum atomic E-state index is 0.0135. The van der Waals surface area contributed by atoms with Crippen LogP contribution in [-0.2, 0) is 17.9 Å². The maximum atomic E-state index is 12.0. The number of methoxy groups -OCH3 is 1. The molecule has 0 fully saturated rings. The van der Waals surface area contributed by atoms with Gasteiger partial charge in [0, 0.05) is 40.2 Å². The molecule has 0 atom stereocenters. The lowest BCUT2D eigenvalue weighted by atomic mass is 10.2. The number of nitrogens with one attached hydrogen (secondary N) is 2. The Kier molecular flexibility index (Phi) is 8.16. The first-order chi connectivity index (χ1) is 13.1. The van der Waals surface area contributed by atoms with Gasteiger partial charge in [0.2, 0.25) is 5.91 Å². The Morgan fingerprint density at radius 1 is 1.04 bits per heavy atom. The maximum Gasteiger partial charge on any atom is 0.222 e. The summed E-state index contributed by atoms with van der Waals surface area (Å²) in [5.41, 5.74) is 2.25. The van der Waals surface area contributed by atoms with Crippen LogP contribution in [0.1, 0.15) is 17.5 Å². The summed E-state index contributed by atoms with van der Waals surface area (Å²) >= 11 is 0. The molecule has 0 aliphatic carbocycles. The number of guanidine groups is 1. The van der Waals surface area contributed by atoms with Crippen molar-refractivity contribution in [3.8, 4) is 5.75 Å². The summed E-state index contributed by atoms with van der Waals surface area (Å²) in [6, 6.07) is 17.8. The summed E-state index contributed by atoms with van der Waals surface area (Å²) in [6.45, 7) is 1.79. The summed E-state index contributed by atoms with van der Waals surface area (Å²) in [4.78, 5) is 18.3. The van der Waals surface area contributed by atoms with Crippen molar-refractivity contribution in [2.75, 3.05) is 27.7 Å². The number of rotatable bonds is 8. The number of aliphatic imine (C=N–C) groups is 1. The lowest BCUT2D eigenvalue weighted by Gasteiger charge is -2.22. The molecule has 0 aliphatic heterocycles. The zero-order valence-electron chi connectivity index (χ0n) is 16.2. The highest BCUT2D eigenvalue weighted by atomic mass is 16.5. The van der Waals surface area contributed by atoms with Gasteiger partial charge in [-0.15, -0.1) is 0 Å². The average molecular weight is 368 g/mol. The maximum absolute atomic E-state index is 12.0. The van der Waals surface area contributed by atoms with Crippen molar-refractivity contribution in [2.45, 2.75) is 19.5 Å². The van der Waals surface area contributed by atoms with Crippen LogP contribution < -0.4 is 15.4 Å². The van der Waals surface area contributed by atoms with E-state index in [1.807, 2.05) is 66.5 Å². The van der Waals surface area contributed by atoms with Gasteiger partial charge in [0.15, 0.2) is 5.96 Å². The number of hydrogen-bond donors (Lipinski definition) is 2. The highest BCUT2D eigenvalue weighted by Crippen LogP contribution is 2.12. The van der Waals surface area contributed by atoms with Crippen molar-refractivity contribution in [3.63, 3.8) is 0 Å². The first-order valence-corrected chi connectivity index (χ1v) is 8.97. The molecule has 1 amide bonds. The molecule has 0 unspecified atom stereocenters. The van der Waals surface area contributed by atoms with Gasteiger partial charge < -0.3 is 20.3 Å². The molecule has 2 N–H and O–H groups in total. The van der Waals surface area contributed by atoms with Crippen LogP contribution >= 0.6 is 0 Å². The summed E-state index contributed by atoms with van der Waals surface area (Å²) < 4.78 is 5.18. The lowest BCUT2D eigenvalue weighted by Crippen LogP contribution is -2.40. The zero-order valence-corrected chi connectivity index (χ0v) is 16.2. The van der Waals surface area contributed by atoms with Crippen LogP contribution in [0.4, 0.5) is 0 Å². The summed E-state index contributed by atoms with van der Waals surface area (Å²) in [5.74, 6) is 1.60. The normalized spacial score (nSPS) is 11.0. The standard InChI is InChI=1S/C21H28N4O2/c1-22-21(25(2)16-18-9-11-19(27-3)12-10-18)23-14-13-20(26)24-15-17-7-5-4-6-8-17/h4-12H,13-16H2,1-3H3,(H,22,23)(H,24,26). The highest BCUT2D eigenvalue weighted by Gasteiger charge is 2.08. The molecule has 2 aromatic rings. The van der Waals surface area contributed by atoms with Crippen molar-refractivity contribution in [2.24, 2.45) is 4.99 Å². The number of carbonyl (C=O) groups is 1. The molecule has 6 nitrogen and oxygen atoms in total. The Balaban J connectivity index is 1.72. The van der Waals surface area contributed by atoms with Crippen molar-refractivity contribution < 1.29 is 9.53 Å². The van der Waals surface area contributed by atoms with Gasteiger partial charge in [-0.05, 0) is 23.3 Å². The molecule has 0 saturated heterocycles. The largest absolute Gasteiger partial charge is 0.497 e. The zero-order chi connectivity index (χ0) is 19.5. The number of amides is 1. The van der Waals surface area contributed by atoms with Crippen molar-refractivity contribution >= 4 is 11.9 Å². The van der Waals surface area contributed by atoms with Gasteiger partial charge in [-0.3, -0.25) is 9.79 Å². The fraction of sp³-hybridized carbons (Fsp3) is 0.333. The van der Waals surface area contributed by atoms with Gasteiger partial charge in [-0.2, -0.15) is 0 Å². The van der Waals surface area contributed by atoms with Crippen LogP contribution in [0.2, 0.25) is 0 Å². The Morgan fingerprint density at radius 3 is 2.37 bits per heavy atom. The Hall–Kier alpha value is -3.02. The van der Waals surface area contributed by atoms with Gasteiger partial charge >= 0.3 is 0 Å². The number of nitrogens with zero attached hydrogens (tertiary/aromatic N) is 2. The lowest BCUT2D eigenvalue weighted by molar-refractivity contribution is -0.121. The Labute approximate surface area is 161 Å². The molecular formula is C21H28N4O2. The highest BCUT2D eigenvalue weighted by molar-refractivity contribution is 5.81. The van der Waals surface area contributed by atoms with Crippen LogP contribution in [-0.4, -0.2) is 44.5 Å². The molecule has 27 heavy (non-hydrogen) atoms. The van der Waals surface area contributed by atoms with Crippen LogP contribution in [0.3, 0.4) is 0 Å². The monoisotopic (exact) mass is 368 g/mol. The van der Waals surface area contributed by atoms with E-state index in [2.05, 4.69) is 15.6 Å². The molecule has 0 radical (unpaired) electrons. The van der Waals surface area contributed by atoms with Crippen LogP contribution in [0.15, 0.2) is 59.6 Å². The molecule has 0 aromatic heterocycles. The van der Waals surface area contributed by atoms with Crippen molar-refractivity contribution in [1.29, 1.82) is 0 Å². The topological polar surface area (TPSA) is 66.0 Å². The van der Waals surface area contributed by atoms with E-state index < -0.39 is 0 Å². The van der Waals surface area contributed by atoms with Crippen molar-refractivity contribution in [1.82, 2.24) is 15.5 Å². The summed E-state index contributed by atoms with van der Waals surface area (Å²) in [5, 5.41) is 6.16. The Bertz CT molecular complexity index is 730. The molecule has 0 saturated carbocycles. The minimum Gasteiger partial charge on any atom is -0.497 e. The molecule has 0 heterocycles. The first-order valence-electron chi connectivity index (χ1n) is 8.97. The third-order valence-corrected chi connectivity index (χ3v) is 4.12. The third kappa shape index (κ3) is 7.01. The van der Waals surface area contributed by atoms with E-state index in [0.717, 1.165) is 22.8 Å². The molecule has 144 valence electrons. The SMILES string of the molecule is CN=C(NCCC(=O)NCc1ccccc1)N(C)Cc1ccc(OC)cc1. The van der Waals surface area contributed by atoms with Gasteiger partial charge in [-0.25, -0.2) is 0 Å². The quantitative estimate of drug-likeness (QED) is 0.555. The minimum absolute atomic E-state index is 0.0135. The average Bonchev–Trinajstić information content (AvgIpc) is 2.71. The molecule has 0 aliphatic rings. The second-order valence-corrected chi connectivity index (χ2v) is 6.19. The van der Waals surface area contributed by atoms with E-state index in [-0.39, 0.29) is 5.91 Å². The van der Waals surface area contributed by atoms with E-state index in [1.165, 1.54) is 0 Å². The molecule has 0 spiro atoms. The van der Waals surface area contributed by atoms with Gasteiger partial charge in [0.1, 0.15) is 5.75 Å². The van der Waals surface area contributed by atoms with E-state index in [0.29, 0.717) is 26.1 Å². The number of carbonyl (C=O) groups excluding carboxylic acids is 1. The third-order valence-electron chi connectivity index (χ3n) is 4.12. The van der Waals surface area contributed by atoms with Gasteiger partial charge in [-0.1, -0.05) is 42.5 Å². The molecule has 6 heteroatoms. The van der Waals surface area contributed by atoms with E-state index >= 15 is 0 Å². The van der Waals surface area contributed by atoms with E-state index in [4.69, 9.17) is 4.74 Å². The van der Waals surface area contributed by atoms with Gasteiger partial charge in [0.05, 0.1) is 7.11 Å². The van der Waals surface area contributed by atoms with Crippen LogP contribution in [0.25, 0.3) is 0 Å². The first kappa shape index (κ1) is 20.3. The predicted octanol–water partition coefficient (Wildman–Crippen LogP) is 2.41. The molecule has 2 aromatic carbocycles. The fourth-order valence-electron chi connectivity index (χ4n) is 2.64. The summed E-state index contributed by atoms with van der Waals surface area (Å²) in [6.07, 6.45) is 0.391. The van der Waals surface area contributed by atoms with E-state index in [1.54, 1.807) is 14.2 Å².